The van der Waals surface area contributed by atoms with Crippen LogP contribution in [0.5, 0.6) is 23.0 Å². The average Bonchev–Trinajstić information content (AvgIpc) is 3.10. The van der Waals surface area contributed by atoms with Gasteiger partial charge in [-0.25, -0.2) is 0 Å². The molecular weight excluding hydrogens is 616 g/mol. The third-order valence-corrected chi connectivity index (χ3v) is 7.16. The number of Topliss-reactive ketones (excluding diaryl/α,β-unsaturated/α-hetero) is 2. The second-order valence-corrected chi connectivity index (χ2v) is 10.5. The zero-order valence-electron chi connectivity index (χ0n) is 27.4. The standard InChI is InChI=1S/C38H38O10/c1-5-45-35(41)21-31(39)27-17-29(37(33(19-27)43-3)47-23-25-13-9-7-10-14-25)30-18-28(32(40)22-36(42)46-6-2)20-34(44-4)38(30)48-24-26-15-11-8-12-16-26/h7-20H,5-6,21-24H2,1-4H3. The van der Waals surface area contributed by atoms with E-state index in [0.717, 1.165) is 11.1 Å². The molecule has 10 nitrogen and oxygen atoms in total. The summed E-state index contributed by atoms with van der Waals surface area (Å²) < 4.78 is 34.2. The number of methoxy groups -OCH3 is 2. The Kier molecular flexibility index (Phi) is 12.7. The van der Waals surface area contributed by atoms with Crippen LogP contribution in [0.3, 0.4) is 0 Å². The molecule has 0 saturated heterocycles. The van der Waals surface area contributed by atoms with Crippen molar-refractivity contribution in [2.24, 2.45) is 0 Å². The molecule has 0 aliphatic heterocycles. The van der Waals surface area contributed by atoms with E-state index in [9.17, 15) is 19.2 Å². The SMILES string of the molecule is CCOC(=O)CC(=O)c1cc(OC)c(OCc2ccccc2)c(-c2cc(C(=O)CC(=O)OCC)cc(OC)c2OCc2ccccc2)c1. The normalized spacial score (nSPS) is 10.5. The van der Waals surface area contributed by atoms with Crippen LogP contribution in [0, 0.1) is 0 Å². The molecule has 0 spiro atoms. The van der Waals surface area contributed by atoms with Crippen LogP contribution in [0.2, 0.25) is 0 Å². The van der Waals surface area contributed by atoms with Crippen molar-refractivity contribution in [3.8, 4) is 34.1 Å². The Morgan fingerprint density at radius 3 is 1.25 bits per heavy atom. The summed E-state index contributed by atoms with van der Waals surface area (Å²) in [6.45, 7) is 3.84. The fraction of sp³-hybridized carbons (Fsp3) is 0.263. The summed E-state index contributed by atoms with van der Waals surface area (Å²) in [7, 11) is 2.86. The Balaban J connectivity index is 1.94. The molecule has 0 unspecified atom stereocenters. The van der Waals surface area contributed by atoms with Crippen LogP contribution < -0.4 is 18.9 Å². The van der Waals surface area contributed by atoms with Crippen molar-refractivity contribution < 1.29 is 47.6 Å². The lowest BCUT2D eigenvalue weighted by atomic mass is 9.94. The van der Waals surface area contributed by atoms with E-state index in [2.05, 4.69) is 0 Å². The van der Waals surface area contributed by atoms with E-state index < -0.39 is 36.3 Å². The number of ketones is 2. The fourth-order valence-corrected chi connectivity index (χ4v) is 4.88. The van der Waals surface area contributed by atoms with E-state index in [1.807, 2.05) is 60.7 Å². The lowest BCUT2D eigenvalue weighted by molar-refractivity contribution is -0.143. The van der Waals surface area contributed by atoms with Gasteiger partial charge in [-0.05, 0) is 49.2 Å². The molecule has 0 aromatic heterocycles. The smallest absolute Gasteiger partial charge is 0.313 e. The van der Waals surface area contributed by atoms with Crippen LogP contribution in [-0.2, 0) is 32.3 Å². The summed E-state index contributed by atoms with van der Waals surface area (Å²) in [5.74, 6) is -1.49. The molecule has 0 amide bonds. The van der Waals surface area contributed by atoms with Gasteiger partial charge in [-0.1, -0.05) is 60.7 Å². The van der Waals surface area contributed by atoms with Crippen LogP contribution in [0.15, 0.2) is 84.9 Å². The van der Waals surface area contributed by atoms with Gasteiger partial charge in [0.05, 0.1) is 27.4 Å². The number of esters is 2. The first kappa shape index (κ1) is 35.2. The maximum absolute atomic E-state index is 13.4. The zero-order valence-corrected chi connectivity index (χ0v) is 27.4. The molecule has 4 aromatic rings. The summed E-state index contributed by atoms with van der Waals surface area (Å²) in [6.07, 6.45) is -1.00. The molecule has 0 bridgehead atoms. The number of carbonyl (C=O) groups excluding carboxylic acids is 4. The minimum Gasteiger partial charge on any atom is -0.493 e. The van der Waals surface area contributed by atoms with Crippen LogP contribution in [-0.4, -0.2) is 50.9 Å². The van der Waals surface area contributed by atoms with Gasteiger partial charge in [-0.2, -0.15) is 0 Å². The van der Waals surface area contributed by atoms with Gasteiger partial charge in [-0.15, -0.1) is 0 Å². The fourth-order valence-electron chi connectivity index (χ4n) is 4.88. The molecule has 0 aliphatic carbocycles. The van der Waals surface area contributed by atoms with Crippen LogP contribution in [0.1, 0.15) is 58.5 Å². The summed E-state index contributed by atoms with van der Waals surface area (Å²) in [5, 5.41) is 0. The lowest BCUT2D eigenvalue weighted by Crippen LogP contribution is -2.13. The van der Waals surface area contributed by atoms with Gasteiger partial charge >= 0.3 is 11.9 Å². The number of hydrogen-bond acceptors (Lipinski definition) is 10. The lowest BCUT2D eigenvalue weighted by Gasteiger charge is -2.21. The quantitative estimate of drug-likeness (QED) is 0.0682. The third kappa shape index (κ3) is 9.22. The van der Waals surface area contributed by atoms with Crippen LogP contribution >= 0.6 is 0 Å². The summed E-state index contributed by atoms with van der Waals surface area (Å²) in [4.78, 5) is 51.3. The largest absolute Gasteiger partial charge is 0.493 e. The number of hydrogen-bond donors (Lipinski definition) is 0. The summed E-state index contributed by atoms with van der Waals surface area (Å²) in [5.41, 5.74) is 2.65. The van der Waals surface area contributed by atoms with Crippen LogP contribution in [0.4, 0.5) is 0 Å². The van der Waals surface area contributed by atoms with Gasteiger partial charge in [0, 0.05) is 22.3 Å². The molecule has 0 aliphatic rings. The molecule has 0 radical (unpaired) electrons. The van der Waals surface area contributed by atoms with Crippen molar-refractivity contribution in [2.75, 3.05) is 27.4 Å². The molecule has 0 fully saturated rings. The molecule has 0 atom stereocenters. The Morgan fingerprint density at radius 2 is 0.917 bits per heavy atom. The molecule has 4 aromatic carbocycles. The predicted molar refractivity (Wildman–Crippen MR) is 178 cm³/mol. The number of rotatable bonds is 17. The van der Waals surface area contributed by atoms with Crippen molar-refractivity contribution in [2.45, 2.75) is 39.9 Å². The molecule has 10 heteroatoms. The van der Waals surface area contributed by atoms with Crippen molar-refractivity contribution in [1.29, 1.82) is 0 Å². The Hall–Kier alpha value is -5.64. The highest BCUT2D eigenvalue weighted by atomic mass is 16.5. The molecule has 0 heterocycles. The highest BCUT2D eigenvalue weighted by Gasteiger charge is 2.26. The van der Waals surface area contributed by atoms with Crippen molar-refractivity contribution in [1.82, 2.24) is 0 Å². The Morgan fingerprint density at radius 1 is 0.542 bits per heavy atom. The van der Waals surface area contributed by atoms with E-state index in [-0.39, 0.29) is 60.6 Å². The first-order valence-corrected chi connectivity index (χ1v) is 15.4. The van der Waals surface area contributed by atoms with E-state index in [0.29, 0.717) is 11.1 Å². The van der Waals surface area contributed by atoms with E-state index in [1.54, 1.807) is 26.0 Å². The minimum absolute atomic E-state index is 0.126. The molecule has 4 rings (SSSR count). The number of benzene rings is 4. The van der Waals surface area contributed by atoms with E-state index in [1.165, 1.54) is 26.4 Å². The zero-order chi connectivity index (χ0) is 34.5. The van der Waals surface area contributed by atoms with Gasteiger partial charge in [0.1, 0.15) is 26.1 Å². The van der Waals surface area contributed by atoms with Gasteiger partial charge < -0.3 is 28.4 Å². The molecule has 0 saturated carbocycles. The van der Waals surface area contributed by atoms with Gasteiger partial charge in [0.15, 0.2) is 34.6 Å². The number of ether oxygens (including phenoxy) is 6. The first-order valence-electron chi connectivity index (χ1n) is 15.4. The highest BCUT2D eigenvalue weighted by molar-refractivity contribution is 6.09. The topological polar surface area (TPSA) is 124 Å². The van der Waals surface area contributed by atoms with Crippen molar-refractivity contribution in [3.05, 3.63) is 107 Å². The first-order chi connectivity index (χ1) is 23.3. The summed E-state index contributed by atoms with van der Waals surface area (Å²) >= 11 is 0. The maximum Gasteiger partial charge on any atom is 0.313 e. The second-order valence-electron chi connectivity index (χ2n) is 10.5. The Labute approximate surface area is 279 Å². The minimum atomic E-state index is -0.674. The predicted octanol–water partition coefficient (Wildman–Crippen LogP) is 6.80. The Bertz CT molecular complexity index is 1600. The molecular formula is C38H38O10. The summed E-state index contributed by atoms with van der Waals surface area (Å²) in [6, 6.07) is 25.0. The maximum atomic E-state index is 13.4. The monoisotopic (exact) mass is 654 g/mol. The average molecular weight is 655 g/mol. The molecule has 0 N–H and O–H groups in total. The van der Waals surface area contributed by atoms with Crippen molar-refractivity contribution >= 4 is 23.5 Å². The van der Waals surface area contributed by atoms with Crippen molar-refractivity contribution in [3.63, 3.8) is 0 Å². The molecule has 48 heavy (non-hydrogen) atoms. The highest BCUT2D eigenvalue weighted by Crippen LogP contribution is 2.47. The van der Waals surface area contributed by atoms with E-state index >= 15 is 0 Å². The van der Waals surface area contributed by atoms with E-state index in [4.69, 9.17) is 28.4 Å². The van der Waals surface area contributed by atoms with Crippen LogP contribution in [0.25, 0.3) is 11.1 Å². The van der Waals surface area contributed by atoms with Gasteiger partial charge in [-0.3, -0.25) is 19.2 Å². The third-order valence-electron chi connectivity index (χ3n) is 7.16. The van der Waals surface area contributed by atoms with Gasteiger partial charge in [0.2, 0.25) is 0 Å². The second kappa shape index (κ2) is 17.3. The van der Waals surface area contributed by atoms with Gasteiger partial charge in [0.25, 0.3) is 0 Å². The number of carbonyl (C=O) groups is 4. The molecule has 250 valence electrons.